The number of nitrogens with one attached hydrogen (secondary N) is 1. The lowest BCUT2D eigenvalue weighted by Crippen LogP contribution is -2.26. The van der Waals surface area contributed by atoms with Crippen molar-refractivity contribution in [1.29, 1.82) is 0 Å². The van der Waals surface area contributed by atoms with Crippen LogP contribution in [0.2, 0.25) is 0 Å². The third kappa shape index (κ3) is 3.51. The van der Waals surface area contributed by atoms with E-state index in [1.807, 2.05) is 19.1 Å². The number of aliphatic hydroxyl groups excluding tert-OH is 1. The van der Waals surface area contributed by atoms with E-state index in [0.29, 0.717) is 18.4 Å². The predicted octanol–water partition coefficient (Wildman–Crippen LogP) is 1.89. The number of aromatic nitrogens is 1. The van der Waals surface area contributed by atoms with Gasteiger partial charge in [-0.1, -0.05) is 12.5 Å². The first-order valence-corrected chi connectivity index (χ1v) is 6.53. The molecular weight excluding hydrogens is 212 g/mol. The van der Waals surface area contributed by atoms with Gasteiger partial charge in [0.25, 0.3) is 0 Å². The molecule has 2 N–H and O–H groups in total. The Bertz CT molecular complexity index is 354. The molecule has 1 saturated carbocycles. The maximum atomic E-state index is 9.25. The van der Waals surface area contributed by atoms with Gasteiger partial charge in [0.2, 0.25) is 0 Å². The van der Waals surface area contributed by atoms with Gasteiger partial charge in [-0.15, -0.1) is 0 Å². The Morgan fingerprint density at radius 3 is 2.94 bits per heavy atom. The fraction of sp³-hybridized carbons (Fsp3) is 0.643. The van der Waals surface area contributed by atoms with E-state index >= 15 is 0 Å². The van der Waals surface area contributed by atoms with Crippen LogP contribution in [0.25, 0.3) is 0 Å². The minimum absolute atomic E-state index is 0.342. The third-order valence-electron chi connectivity index (χ3n) is 3.71. The number of aryl methyl sites for hydroxylation is 1. The fourth-order valence-corrected chi connectivity index (χ4v) is 2.71. The number of aliphatic hydroxyl groups is 1. The van der Waals surface area contributed by atoms with Crippen LogP contribution in [0, 0.1) is 18.8 Å². The average Bonchev–Trinajstić information content (AvgIpc) is 2.77. The molecule has 1 aromatic heterocycles. The molecule has 0 spiro atoms. The molecule has 1 fully saturated rings. The first kappa shape index (κ1) is 12.5. The molecule has 0 radical (unpaired) electrons. The van der Waals surface area contributed by atoms with Crippen LogP contribution in [-0.4, -0.2) is 23.2 Å². The van der Waals surface area contributed by atoms with Gasteiger partial charge in [0.05, 0.1) is 5.69 Å². The Morgan fingerprint density at radius 1 is 1.35 bits per heavy atom. The zero-order chi connectivity index (χ0) is 12.1. The predicted molar refractivity (Wildman–Crippen MR) is 68.6 cm³/mol. The van der Waals surface area contributed by atoms with E-state index in [9.17, 15) is 5.11 Å². The van der Waals surface area contributed by atoms with E-state index in [1.54, 1.807) is 0 Å². The molecule has 3 nitrogen and oxygen atoms in total. The summed E-state index contributed by atoms with van der Waals surface area (Å²) in [5.74, 6) is 1.15. The van der Waals surface area contributed by atoms with Crippen molar-refractivity contribution < 1.29 is 5.11 Å². The summed E-state index contributed by atoms with van der Waals surface area (Å²) in [6.07, 6.45) is 3.70. The van der Waals surface area contributed by atoms with Crippen LogP contribution in [-0.2, 0) is 6.54 Å². The summed E-state index contributed by atoms with van der Waals surface area (Å²) in [5.41, 5.74) is 2.17. The first-order valence-electron chi connectivity index (χ1n) is 6.53. The lowest BCUT2D eigenvalue weighted by atomic mass is 9.97. The standard InChI is InChI=1S/C14H22N2O/c1-11-4-2-7-14(16-11)9-15-8-12-5-3-6-13(12)10-17/h2,4,7,12-13,15,17H,3,5-6,8-10H2,1H3. The molecule has 2 unspecified atom stereocenters. The molecule has 94 valence electrons. The summed E-state index contributed by atoms with van der Waals surface area (Å²) < 4.78 is 0. The van der Waals surface area contributed by atoms with Crippen LogP contribution in [0.4, 0.5) is 0 Å². The molecule has 17 heavy (non-hydrogen) atoms. The zero-order valence-corrected chi connectivity index (χ0v) is 10.5. The lowest BCUT2D eigenvalue weighted by Gasteiger charge is -2.17. The minimum atomic E-state index is 0.342. The normalized spacial score (nSPS) is 24.1. The van der Waals surface area contributed by atoms with Crippen molar-refractivity contribution in [3.63, 3.8) is 0 Å². The Labute approximate surface area is 103 Å². The molecule has 1 aliphatic rings. The van der Waals surface area contributed by atoms with Crippen LogP contribution in [0.5, 0.6) is 0 Å². The summed E-state index contributed by atoms with van der Waals surface area (Å²) in [4.78, 5) is 4.46. The van der Waals surface area contributed by atoms with Crippen molar-refractivity contribution in [2.45, 2.75) is 32.7 Å². The van der Waals surface area contributed by atoms with Gasteiger partial charge in [0, 0.05) is 18.8 Å². The summed E-state index contributed by atoms with van der Waals surface area (Å²) >= 11 is 0. The summed E-state index contributed by atoms with van der Waals surface area (Å²) in [6.45, 7) is 4.19. The number of pyridine rings is 1. The Hall–Kier alpha value is -0.930. The molecule has 1 aromatic rings. The number of nitrogens with zero attached hydrogens (tertiary/aromatic N) is 1. The van der Waals surface area contributed by atoms with Crippen LogP contribution in [0.15, 0.2) is 18.2 Å². The van der Waals surface area contributed by atoms with E-state index in [-0.39, 0.29) is 0 Å². The van der Waals surface area contributed by atoms with Gasteiger partial charge >= 0.3 is 0 Å². The highest BCUT2D eigenvalue weighted by Gasteiger charge is 2.25. The second-order valence-corrected chi connectivity index (χ2v) is 5.03. The Balaban J connectivity index is 1.76. The van der Waals surface area contributed by atoms with E-state index < -0.39 is 0 Å². The van der Waals surface area contributed by atoms with Gasteiger partial charge in [0.1, 0.15) is 0 Å². The SMILES string of the molecule is Cc1cccc(CNCC2CCCC2CO)n1. The highest BCUT2D eigenvalue weighted by molar-refractivity contribution is 5.09. The van der Waals surface area contributed by atoms with Crippen LogP contribution < -0.4 is 5.32 Å². The molecule has 0 amide bonds. The van der Waals surface area contributed by atoms with Gasteiger partial charge in [0.15, 0.2) is 0 Å². The van der Waals surface area contributed by atoms with Crippen LogP contribution in [0.1, 0.15) is 30.7 Å². The van der Waals surface area contributed by atoms with Crippen molar-refractivity contribution >= 4 is 0 Å². The quantitative estimate of drug-likeness (QED) is 0.817. The lowest BCUT2D eigenvalue weighted by molar-refractivity contribution is 0.192. The summed E-state index contributed by atoms with van der Waals surface area (Å²) in [7, 11) is 0. The number of hydrogen-bond acceptors (Lipinski definition) is 3. The van der Waals surface area contributed by atoms with E-state index in [0.717, 1.165) is 24.5 Å². The van der Waals surface area contributed by atoms with E-state index in [4.69, 9.17) is 0 Å². The molecule has 1 aliphatic carbocycles. The van der Waals surface area contributed by atoms with Gasteiger partial charge < -0.3 is 10.4 Å². The molecule has 0 saturated heterocycles. The second-order valence-electron chi connectivity index (χ2n) is 5.03. The monoisotopic (exact) mass is 234 g/mol. The molecule has 2 atom stereocenters. The average molecular weight is 234 g/mol. The highest BCUT2D eigenvalue weighted by atomic mass is 16.3. The van der Waals surface area contributed by atoms with Crippen molar-refractivity contribution in [2.75, 3.05) is 13.2 Å². The van der Waals surface area contributed by atoms with Crippen molar-refractivity contribution in [3.05, 3.63) is 29.6 Å². The van der Waals surface area contributed by atoms with E-state index in [1.165, 1.54) is 19.3 Å². The van der Waals surface area contributed by atoms with E-state index in [2.05, 4.69) is 16.4 Å². The van der Waals surface area contributed by atoms with Crippen LogP contribution in [0.3, 0.4) is 0 Å². The number of hydrogen-bond donors (Lipinski definition) is 2. The molecule has 0 aromatic carbocycles. The summed E-state index contributed by atoms with van der Waals surface area (Å²) in [5, 5.41) is 12.7. The molecule has 0 aliphatic heterocycles. The molecular formula is C14H22N2O. The van der Waals surface area contributed by atoms with Gasteiger partial charge in [-0.3, -0.25) is 4.98 Å². The smallest absolute Gasteiger partial charge is 0.0544 e. The largest absolute Gasteiger partial charge is 0.396 e. The molecule has 1 heterocycles. The van der Waals surface area contributed by atoms with Crippen molar-refractivity contribution in [3.8, 4) is 0 Å². The molecule has 2 rings (SSSR count). The Kier molecular flexibility index (Phi) is 4.51. The fourth-order valence-electron chi connectivity index (χ4n) is 2.71. The molecule has 0 bridgehead atoms. The van der Waals surface area contributed by atoms with Crippen molar-refractivity contribution in [2.24, 2.45) is 11.8 Å². The first-order chi connectivity index (χ1) is 8.29. The topological polar surface area (TPSA) is 45.1 Å². The van der Waals surface area contributed by atoms with Crippen molar-refractivity contribution in [1.82, 2.24) is 10.3 Å². The molecule has 3 heteroatoms. The van der Waals surface area contributed by atoms with Gasteiger partial charge in [-0.05, 0) is 50.3 Å². The minimum Gasteiger partial charge on any atom is -0.396 e. The van der Waals surface area contributed by atoms with Gasteiger partial charge in [-0.25, -0.2) is 0 Å². The van der Waals surface area contributed by atoms with Crippen LogP contribution >= 0.6 is 0 Å². The highest BCUT2D eigenvalue weighted by Crippen LogP contribution is 2.30. The maximum absolute atomic E-state index is 9.25. The number of rotatable bonds is 5. The summed E-state index contributed by atoms with van der Waals surface area (Å²) in [6, 6.07) is 6.12. The second kappa shape index (κ2) is 6.12. The third-order valence-corrected chi connectivity index (χ3v) is 3.71. The Morgan fingerprint density at radius 2 is 2.18 bits per heavy atom. The maximum Gasteiger partial charge on any atom is 0.0544 e. The zero-order valence-electron chi connectivity index (χ0n) is 10.5. The van der Waals surface area contributed by atoms with Gasteiger partial charge in [-0.2, -0.15) is 0 Å².